The van der Waals surface area contributed by atoms with E-state index in [0.29, 0.717) is 13.1 Å². The van der Waals surface area contributed by atoms with Crippen molar-refractivity contribution in [3.05, 3.63) is 30.3 Å². The third kappa shape index (κ3) is 6.76. The number of sulfonamides is 1. The number of nitrogens with zero attached hydrogens (tertiary/aromatic N) is 1. The Morgan fingerprint density at radius 2 is 1.62 bits per heavy atom. The molecular weight excluding hydrogens is 356 g/mol. The highest BCUT2D eigenvalue weighted by molar-refractivity contribution is 7.89. The van der Waals surface area contributed by atoms with Gasteiger partial charge in [-0.2, -0.15) is 0 Å². The third-order valence-corrected chi connectivity index (χ3v) is 5.72. The first-order valence-corrected chi connectivity index (χ1v) is 10.5. The largest absolute Gasteiger partial charge is 0.456 e. The quantitative estimate of drug-likeness (QED) is 0.725. The van der Waals surface area contributed by atoms with Crippen LogP contribution in [0, 0.1) is 0 Å². The smallest absolute Gasteiger partial charge is 0.307 e. The second-order valence-corrected chi connectivity index (χ2v) is 8.04. The number of carbonyl (C=O) groups is 2. The van der Waals surface area contributed by atoms with E-state index in [9.17, 15) is 18.0 Å². The summed E-state index contributed by atoms with van der Waals surface area (Å²) in [6, 6.07) is 7.92. The summed E-state index contributed by atoms with van der Waals surface area (Å²) in [6.45, 7) is 1.04. The van der Waals surface area contributed by atoms with Gasteiger partial charge in [0.05, 0.1) is 11.3 Å². The SMILES string of the molecule is O=C(CCNS(=O)(=O)c1ccccc1)OCC(=O)N1CCCCCCC1. The van der Waals surface area contributed by atoms with Crippen molar-refractivity contribution in [3.63, 3.8) is 0 Å². The maximum absolute atomic E-state index is 12.1. The first-order valence-electron chi connectivity index (χ1n) is 8.97. The molecule has 1 aromatic rings. The normalized spacial score (nSPS) is 15.8. The summed E-state index contributed by atoms with van der Waals surface area (Å²) in [5.74, 6) is -0.786. The molecular formula is C18H26N2O5S. The molecule has 0 unspecified atom stereocenters. The molecule has 1 aliphatic rings. The summed E-state index contributed by atoms with van der Waals surface area (Å²) >= 11 is 0. The Bertz CT molecular complexity index is 683. The molecule has 1 aromatic carbocycles. The van der Waals surface area contributed by atoms with Crippen molar-refractivity contribution in [1.29, 1.82) is 0 Å². The minimum atomic E-state index is -3.64. The number of hydrogen-bond acceptors (Lipinski definition) is 5. The topological polar surface area (TPSA) is 92.8 Å². The van der Waals surface area contributed by atoms with Gasteiger partial charge in [-0.1, -0.05) is 37.5 Å². The molecule has 1 fully saturated rings. The predicted molar refractivity (Wildman–Crippen MR) is 96.9 cm³/mol. The maximum atomic E-state index is 12.1. The van der Waals surface area contributed by atoms with E-state index in [1.807, 2.05) is 0 Å². The minimum Gasteiger partial charge on any atom is -0.456 e. The molecule has 7 nitrogen and oxygen atoms in total. The van der Waals surface area contributed by atoms with E-state index in [1.165, 1.54) is 18.6 Å². The van der Waals surface area contributed by atoms with E-state index in [0.717, 1.165) is 25.7 Å². The minimum absolute atomic E-state index is 0.0754. The molecule has 144 valence electrons. The molecule has 0 saturated carbocycles. The molecule has 0 radical (unpaired) electrons. The average molecular weight is 382 g/mol. The second kappa shape index (κ2) is 10.3. The highest BCUT2D eigenvalue weighted by atomic mass is 32.2. The molecule has 1 amide bonds. The number of hydrogen-bond donors (Lipinski definition) is 1. The molecule has 0 aliphatic carbocycles. The molecule has 1 saturated heterocycles. The number of ether oxygens (including phenoxy) is 1. The van der Waals surface area contributed by atoms with Gasteiger partial charge >= 0.3 is 5.97 Å². The second-order valence-electron chi connectivity index (χ2n) is 6.27. The van der Waals surface area contributed by atoms with E-state index in [-0.39, 0.29) is 30.4 Å². The summed E-state index contributed by atoms with van der Waals surface area (Å²) in [5.41, 5.74) is 0. The maximum Gasteiger partial charge on any atom is 0.307 e. The lowest BCUT2D eigenvalue weighted by molar-refractivity contribution is -0.152. The van der Waals surface area contributed by atoms with Gasteiger partial charge in [-0.3, -0.25) is 9.59 Å². The number of nitrogens with one attached hydrogen (secondary N) is 1. The van der Waals surface area contributed by atoms with Crippen LogP contribution in [0.1, 0.15) is 38.5 Å². The molecule has 0 aromatic heterocycles. The third-order valence-electron chi connectivity index (χ3n) is 4.24. The highest BCUT2D eigenvalue weighted by Crippen LogP contribution is 2.11. The predicted octanol–water partition coefficient (Wildman–Crippen LogP) is 1.69. The van der Waals surface area contributed by atoms with Crippen LogP contribution in [0.25, 0.3) is 0 Å². The lowest BCUT2D eigenvalue weighted by atomic mass is 10.1. The van der Waals surface area contributed by atoms with Crippen molar-refractivity contribution in [2.45, 2.75) is 43.4 Å². The summed E-state index contributed by atoms with van der Waals surface area (Å²) in [6.07, 6.45) is 5.26. The van der Waals surface area contributed by atoms with Gasteiger partial charge in [0.2, 0.25) is 10.0 Å². The Labute approximate surface area is 154 Å². The van der Waals surface area contributed by atoms with Crippen LogP contribution in [-0.2, 0) is 24.3 Å². The van der Waals surface area contributed by atoms with E-state index >= 15 is 0 Å². The number of amides is 1. The van der Waals surface area contributed by atoms with Gasteiger partial charge < -0.3 is 9.64 Å². The van der Waals surface area contributed by atoms with Gasteiger partial charge in [0.15, 0.2) is 6.61 Å². The molecule has 1 heterocycles. The van der Waals surface area contributed by atoms with Crippen molar-refractivity contribution in [2.75, 3.05) is 26.2 Å². The van der Waals surface area contributed by atoms with Crippen LogP contribution in [0.2, 0.25) is 0 Å². The van der Waals surface area contributed by atoms with E-state index in [1.54, 1.807) is 23.1 Å². The van der Waals surface area contributed by atoms with Crippen molar-refractivity contribution in [3.8, 4) is 0 Å². The van der Waals surface area contributed by atoms with Crippen molar-refractivity contribution in [2.24, 2.45) is 0 Å². The summed E-state index contributed by atoms with van der Waals surface area (Å²) in [7, 11) is -3.64. The van der Waals surface area contributed by atoms with Crippen LogP contribution in [0.15, 0.2) is 35.2 Å². The van der Waals surface area contributed by atoms with Crippen LogP contribution in [0.5, 0.6) is 0 Å². The molecule has 1 aliphatic heterocycles. The Hall–Kier alpha value is -1.93. The molecule has 1 N–H and O–H groups in total. The van der Waals surface area contributed by atoms with E-state index in [2.05, 4.69) is 4.72 Å². The zero-order valence-electron chi connectivity index (χ0n) is 14.9. The van der Waals surface area contributed by atoms with Crippen molar-refractivity contribution >= 4 is 21.9 Å². The summed E-state index contributed by atoms with van der Waals surface area (Å²) in [5, 5.41) is 0. The average Bonchev–Trinajstić information content (AvgIpc) is 2.60. The lowest BCUT2D eigenvalue weighted by Crippen LogP contribution is -2.37. The molecule has 8 heteroatoms. The van der Waals surface area contributed by atoms with E-state index in [4.69, 9.17) is 4.74 Å². The Kier molecular flexibility index (Phi) is 8.06. The van der Waals surface area contributed by atoms with Crippen LogP contribution in [0.4, 0.5) is 0 Å². The number of carbonyl (C=O) groups excluding carboxylic acids is 2. The number of esters is 1. The number of benzene rings is 1. The zero-order chi connectivity index (χ0) is 18.8. The highest BCUT2D eigenvalue weighted by Gasteiger charge is 2.17. The Morgan fingerprint density at radius 1 is 1.00 bits per heavy atom. The van der Waals surface area contributed by atoms with Crippen molar-refractivity contribution in [1.82, 2.24) is 9.62 Å². The standard InChI is InChI=1S/C18H26N2O5S/c21-17(20-13-7-2-1-3-8-14-20)15-25-18(22)11-12-19-26(23,24)16-9-5-4-6-10-16/h4-6,9-10,19H,1-3,7-8,11-15H2. The number of likely N-dealkylation sites (tertiary alicyclic amines) is 1. The first kappa shape index (κ1) is 20.4. The van der Waals surface area contributed by atoms with Gasteiger partial charge in [0.25, 0.3) is 5.91 Å². The number of rotatable bonds is 7. The van der Waals surface area contributed by atoms with Crippen LogP contribution >= 0.6 is 0 Å². The fourth-order valence-corrected chi connectivity index (χ4v) is 3.83. The Morgan fingerprint density at radius 3 is 2.27 bits per heavy atom. The molecule has 0 spiro atoms. The molecule has 0 bridgehead atoms. The molecule has 26 heavy (non-hydrogen) atoms. The fourth-order valence-electron chi connectivity index (χ4n) is 2.77. The first-order chi connectivity index (χ1) is 12.5. The van der Waals surface area contributed by atoms with E-state index < -0.39 is 16.0 Å². The molecule has 2 rings (SSSR count). The van der Waals surface area contributed by atoms with Crippen LogP contribution in [0.3, 0.4) is 0 Å². The van der Waals surface area contributed by atoms with Crippen molar-refractivity contribution < 1.29 is 22.7 Å². The van der Waals surface area contributed by atoms with Crippen LogP contribution < -0.4 is 4.72 Å². The monoisotopic (exact) mass is 382 g/mol. The lowest BCUT2D eigenvalue weighted by Gasteiger charge is -2.24. The summed E-state index contributed by atoms with van der Waals surface area (Å²) < 4.78 is 31.4. The van der Waals surface area contributed by atoms with Gasteiger partial charge in [0.1, 0.15) is 0 Å². The molecule has 0 atom stereocenters. The van der Waals surface area contributed by atoms with Gasteiger partial charge in [-0.15, -0.1) is 0 Å². The Balaban J connectivity index is 1.69. The van der Waals surface area contributed by atoms with Gasteiger partial charge in [0, 0.05) is 19.6 Å². The van der Waals surface area contributed by atoms with Gasteiger partial charge in [-0.05, 0) is 25.0 Å². The van der Waals surface area contributed by atoms with Crippen LogP contribution in [-0.4, -0.2) is 51.4 Å². The zero-order valence-corrected chi connectivity index (χ0v) is 15.7. The summed E-state index contributed by atoms with van der Waals surface area (Å²) in [4.78, 5) is 25.8. The fraction of sp³-hybridized carbons (Fsp3) is 0.556. The van der Waals surface area contributed by atoms with Gasteiger partial charge in [-0.25, -0.2) is 13.1 Å².